The van der Waals surface area contributed by atoms with Gasteiger partial charge in [0.15, 0.2) is 0 Å². The molecule has 0 spiro atoms. The Balaban J connectivity index is 0.000000310. The summed E-state index contributed by atoms with van der Waals surface area (Å²) in [5.74, 6) is 0. The molecule has 0 saturated carbocycles. The third kappa shape index (κ3) is 9.86. The number of nitrogens with one attached hydrogen (secondary N) is 1. The summed E-state index contributed by atoms with van der Waals surface area (Å²) < 4.78 is -0.0445. The van der Waals surface area contributed by atoms with E-state index in [0.717, 1.165) is 13.1 Å². The SMILES string of the molecule is NC(O)=[Se].OC(=[Se])NN1CCCC1. The van der Waals surface area contributed by atoms with Gasteiger partial charge in [0.1, 0.15) is 0 Å². The van der Waals surface area contributed by atoms with Gasteiger partial charge in [0.25, 0.3) is 0 Å². The van der Waals surface area contributed by atoms with Crippen molar-refractivity contribution in [3.63, 3.8) is 0 Å². The molecule has 5 nitrogen and oxygen atoms in total. The van der Waals surface area contributed by atoms with Crippen molar-refractivity contribution < 1.29 is 10.2 Å². The van der Waals surface area contributed by atoms with Gasteiger partial charge < -0.3 is 0 Å². The van der Waals surface area contributed by atoms with Crippen LogP contribution in [0.2, 0.25) is 0 Å². The summed E-state index contributed by atoms with van der Waals surface area (Å²) in [4.78, 5) is 0. The van der Waals surface area contributed by atoms with Gasteiger partial charge in [-0.3, -0.25) is 0 Å². The Morgan fingerprint density at radius 2 is 1.62 bits per heavy atom. The Morgan fingerprint density at radius 3 is 1.92 bits per heavy atom. The van der Waals surface area contributed by atoms with Crippen LogP contribution in [0.5, 0.6) is 0 Å². The number of hydrogen-bond donors (Lipinski definition) is 4. The molecule has 7 heteroatoms. The molecule has 1 aliphatic heterocycles. The normalized spacial score (nSPS) is 15.7. The molecule has 0 bridgehead atoms. The van der Waals surface area contributed by atoms with E-state index in [0.29, 0.717) is 0 Å². The van der Waals surface area contributed by atoms with Crippen molar-refractivity contribution in [3.05, 3.63) is 0 Å². The van der Waals surface area contributed by atoms with Crippen LogP contribution in [0, 0.1) is 0 Å². The first-order chi connectivity index (χ1) is 6.02. The zero-order valence-corrected chi connectivity index (χ0v) is 10.5. The fraction of sp³-hybridized carbons (Fsp3) is 0.667. The molecule has 13 heavy (non-hydrogen) atoms. The number of hydrazine groups is 1. The van der Waals surface area contributed by atoms with Gasteiger partial charge in [0.2, 0.25) is 0 Å². The Kier molecular flexibility index (Phi) is 7.32. The van der Waals surface area contributed by atoms with E-state index in [2.05, 4.69) is 42.3 Å². The molecular weight excluding hydrogens is 304 g/mol. The van der Waals surface area contributed by atoms with Crippen LogP contribution < -0.4 is 11.2 Å². The molecule has 1 heterocycles. The molecule has 0 aromatic rings. The fourth-order valence-electron chi connectivity index (χ4n) is 0.964. The molecule has 0 unspecified atom stereocenters. The molecule has 0 aromatic heterocycles. The third-order valence-corrected chi connectivity index (χ3v) is 1.55. The van der Waals surface area contributed by atoms with E-state index in [4.69, 9.17) is 10.2 Å². The molecule has 1 rings (SSSR count). The third-order valence-electron chi connectivity index (χ3n) is 1.36. The Labute approximate surface area is 93.0 Å². The molecular formula is C6H13N3O2Se2. The van der Waals surface area contributed by atoms with Gasteiger partial charge in [0.05, 0.1) is 0 Å². The standard InChI is InChI=1S/C5H10N2OSe.CH3NOSe/c8-5(9)6-7-3-1-2-4-7;2-1(3)4/h1-4H2,(H2,6,8,9);(H3,2,3,4). The van der Waals surface area contributed by atoms with Gasteiger partial charge in [-0.25, -0.2) is 0 Å². The van der Waals surface area contributed by atoms with Gasteiger partial charge in [-0.2, -0.15) is 0 Å². The van der Waals surface area contributed by atoms with Crippen molar-refractivity contribution in [3.8, 4) is 0 Å². The first-order valence-corrected chi connectivity index (χ1v) is 5.46. The molecule has 0 amide bonds. The maximum atomic E-state index is 8.72. The van der Waals surface area contributed by atoms with Crippen molar-refractivity contribution >= 4 is 40.6 Å². The van der Waals surface area contributed by atoms with E-state index in [1.54, 1.807) is 0 Å². The predicted molar refractivity (Wildman–Crippen MR) is 53.5 cm³/mol. The second-order valence-corrected chi connectivity index (χ2v) is 4.14. The van der Waals surface area contributed by atoms with Crippen LogP contribution >= 0.6 is 0 Å². The van der Waals surface area contributed by atoms with E-state index >= 15 is 0 Å². The number of aliphatic hydroxyl groups is 2. The van der Waals surface area contributed by atoms with Gasteiger partial charge in [-0.1, -0.05) is 0 Å². The summed E-state index contributed by atoms with van der Waals surface area (Å²) in [5.41, 5.74) is 7.32. The van der Waals surface area contributed by atoms with E-state index in [9.17, 15) is 0 Å². The van der Waals surface area contributed by atoms with E-state index in [-0.39, 0.29) is 9.45 Å². The average Bonchev–Trinajstić information content (AvgIpc) is 2.36. The molecule has 76 valence electrons. The summed E-state index contributed by atoms with van der Waals surface area (Å²) in [6.45, 7) is 2.07. The first-order valence-electron chi connectivity index (χ1n) is 3.75. The topological polar surface area (TPSA) is 81.8 Å². The van der Waals surface area contributed by atoms with Crippen LogP contribution in [-0.2, 0) is 0 Å². The summed E-state index contributed by atoms with van der Waals surface area (Å²) in [6.07, 6.45) is 2.45. The first kappa shape index (κ1) is 12.9. The number of nitrogens with zero attached hydrogens (tertiary/aromatic N) is 1. The zero-order chi connectivity index (χ0) is 10.3. The van der Waals surface area contributed by atoms with Crippen molar-refractivity contribution in [1.82, 2.24) is 10.4 Å². The molecule has 1 fully saturated rings. The zero-order valence-electron chi connectivity index (χ0n) is 7.06. The number of aliphatic hydroxyl groups excluding tert-OH is 2. The van der Waals surface area contributed by atoms with Crippen LogP contribution in [0.1, 0.15) is 12.8 Å². The number of hydrogen-bond acceptors (Lipinski definition) is 5. The van der Waals surface area contributed by atoms with Crippen molar-refractivity contribution in [1.29, 1.82) is 0 Å². The molecule has 0 atom stereocenters. The second-order valence-electron chi connectivity index (χ2n) is 2.45. The van der Waals surface area contributed by atoms with Crippen molar-refractivity contribution in [2.24, 2.45) is 5.73 Å². The Hall–Kier alpha value is -0.0610. The molecule has 0 aromatic carbocycles. The molecule has 5 N–H and O–H groups in total. The van der Waals surface area contributed by atoms with Crippen LogP contribution in [0.3, 0.4) is 0 Å². The quantitative estimate of drug-likeness (QED) is 0.434. The van der Waals surface area contributed by atoms with Crippen molar-refractivity contribution in [2.75, 3.05) is 13.1 Å². The van der Waals surface area contributed by atoms with Gasteiger partial charge in [-0.05, 0) is 0 Å². The van der Waals surface area contributed by atoms with Crippen LogP contribution in [0.25, 0.3) is 0 Å². The predicted octanol–water partition coefficient (Wildman–Crippen LogP) is -2.21. The average molecular weight is 317 g/mol. The van der Waals surface area contributed by atoms with Crippen LogP contribution in [0.4, 0.5) is 0 Å². The summed E-state index contributed by atoms with van der Waals surface area (Å²) in [5, 5.41) is 18.4. The second kappa shape index (κ2) is 7.35. The van der Waals surface area contributed by atoms with Gasteiger partial charge >= 0.3 is 92.9 Å². The van der Waals surface area contributed by atoms with Crippen LogP contribution in [-0.4, -0.2) is 68.9 Å². The summed E-state index contributed by atoms with van der Waals surface area (Å²) >= 11 is 4.64. The van der Waals surface area contributed by atoms with E-state index in [1.807, 2.05) is 5.01 Å². The molecule has 0 aliphatic carbocycles. The maximum absolute atomic E-state index is 8.72. The molecule has 1 saturated heterocycles. The summed E-state index contributed by atoms with van der Waals surface area (Å²) in [6, 6.07) is 0. The van der Waals surface area contributed by atoms with Crippen LogP contribution in [0.15, 0.2) is 0 Å². The molecule has 0 radical (unpaired) electrons. The van der Waals surface area contributed by atoms with E-state index < -0.39 is 0 Å². The monoisotopic (exact) mass is 319 g/mol. The Morgan fingerprint density at radius 1 is 1.23 bits per heavy atom. The van der Waals surface area contributed by atoms with Gasteiger partial charge in [0, 0.05) is 0 Å². The fourth-order valence-corrected chi connectivity index (χ4v) is 1.24. The Bertz CT molecular complexity index is 179. The van der Waals surface area contributed by atoms with Crippen molar-refractivity contribution in [2.45, 2.75) is 12.8 Å². The summed E-state index contributed by atoms with van der Waals surface area (Å²) in [7, 11) is 0. The minimum atomic E-state index is -0.208. The minimum absolute atomic E-state index is 0.164. The van der Waals surface area contributed by atoms with Gasteiger partial charge in [-0.15, -0.1) is 0 Å². The number of rotatable bonds is 2. The van der Waals surface area contributed by atoms with E-state index in [1.165, 1.54) is 12.8 Å². The molecule has 1 aliphatic rings. The number of nitrogens with two attached hydrogens (primary N) is 1.